The molecule has 26 heavy (non-hydrogen) atoms. The van der Waals surface area contributed by atoms with Crippen LogP contribution in [0.4, 0.5) is 13.2 Å². The molecule has 2 aromatic heterocycles. The second-order valence-electron chi connectivity index (χ2n) is 6.88. The van der Waals surface area contributed by atoms with Crippen LogP contribution in [-0.2, 0) is 0 Å². The highest BCUT2D eigenvalue weighted by Crippen LogP contribution is 2.32. The predicted octanol–water partition coefficient (Wildman–Crippen LogP) is 5.02. The van der Waals surface area contributed by atoms with E-state index >= 15 is 0 Å². The Balaban J connectivity index is 2.31. The fourth-order valence-electron chi connectivity index (χ4n) is 2.74. The molecule has 0 fully saturated rings. The molecule has 0 radical (unpaired) electrons. The van der Waals surface area contributed by atoms with Gasteiger partial charge in [0.1, 0.15) is 18.1 Å². The Morgan fingerprint density at radius 3 is 2.58 bits per heavy atom. The van der Waals surface area contributed by atoms with Crippen LogP contribution in [0, 0.1) is 11.7 Å². The molecule has 8 heteroatoms. The Morgan fingerprint density at radius 2 is 1.96 bits per heavy atom. The standard InChI is InChI=1S/C18H21ClF3N3O/c1-10(2)8-18(3,23)9-26-13-5-4-12(25-15(13)17(21)22)11-6-7-24-16(19)14(11)20/h4-7,10,17H,8-9,23H2,1-3H3. The zero-order valence-corrected chi connectivity index (χ0v) is 15.5. The van der Waals surface area contributed by atoms with E-state index in [0.717, 1.165) is 0 Å². The van der Waals surface area contributed by atoms with Crippen molar-refractivity contribution < 1.29 is 17.9 Å². The molecule has 2 aromatic rings. The SMILES string of the molecule is CC(C)CC(C)(N)COc1ccc(-c2ccnc(Cl)c2F)nc1C(F)F. The van der Waals surface area contributed by atoms with Gasteiger partial charge in [-0.3, -0.25) is 0 Å². The number of hydrogen-bond donors (Lipinski definition) is 1. The molecule has 0 aliphatic heterocycles. The van der Waals surface area contributed by atoms with Crippen molar-refractivity contribution in [1.82, 2.24) is 9.97 Å². The highest BCUT2D eigenvalue weighted by atomic mass is 35.5. The minimum absolute atomic E-state index is 0.0121. The number of nitrogens with two attached hydrogens (primary N) is 1. The van der Waals surface area contributed by atoms with Gasteiger partial charge in [0.15, 0.2) is 11.0 Å². The summed E-state index contributed by atoms with van der Waals surface area (Å²) in [5.41, 5.74) is 4.91. The fraction of sp³-hybridized carbons (Fsp3) is 0.444. The Kier molecular flexibility index (Phi) is 6.47. The second kappa shape index (κ2) is 8.22. The molecule has 2 N–H and O–H groups in total. The van der Waals surface area contributed by atoms with Gasteiger partial charge in [-0.2, -0.15) is 0 Å². The van der Waals surface area contributed by atoms with Gasteiger partial charge in [0, 0.05) is 17.3 Å². The lowest BCUT2D eigenvalue weighted by Gasteiger charge is -2.27. The highest BCUT2D eigenvalue weighted by Gasteiger charge is 2.24. The maximum absolute atomic E-state index is 14.1. The van der Waals surface area contributed by atoms with E-state index in [2.05, 4.69) is 9.97 Å². The van der Waals surface area contributed by atoms with Crippen molar-refractivity contribution in [1.29, 1.82) is 0 Å². The zero-order chi connectivity index (χ0) is 19.5. The van der Waals surface area contributed by atoms with Crippen LogP contribution in [0.5, 0.6) is 5.75 Å². The maximum atomic E-state index is 14.1. The van der Waals surface area contributed by atoms with Crippen LogP contribution in [0.1, 0.15) is 39.3 Å². The largest absolute Gasteiger partial charge is 0.490 e. The van der Waals surface area contributed by atoms with Gasteiger partial charge >= 0.3 is 0 Å². The molecule has 0 saturated carbocycles. The quantitative estimate of drug-likeness (QED) is 0.678. The third-order valence-electron chi connectivity index (χ3n) is 3.65. The minimum atomic E-state index is -2.89. The molecule has 0 bridgehead atoms. The number of nitrogens with zero attached hydrogens (tertiary/aromatic N) is 2. The van der Waals surface area contributed by atoms with Gasteiger partial charge in [-0.15, -0.1) is 0 Å². The number of alkyl halides is 2. The second-order valence-corrected chi connectivity index (χ2v) is 7.24. The van der Waals surface area contributed by atoms with Gasteiger partial charge in [0.2, 0.25) is 0 Å². The molecule has 142 valence electrons. The number of halogens is 4. The predicted molar refractivity (Wildman–Crippen MR) is 94.9 cm³/mol. The minimum Gasteiger partial charge on any atom is -0.490 e. The van der Waals surface area contributed by atoms with Crippen LogP contribution < -0.4 is 10.5 Å². The topological polar surface area (TPSA) is 61.0 Å². The molecule has 2 heterocycles. The van der Waals surface area contributed by atoms with E-state index in [1.807, 2.05) is 13.8 Å². The normalized spacial score (nSPS) is 13.9. The van der Waals surface area contributed by atoms with E-state index in [4.69, 9.17) is 22.1 Å². The van der Waals surface area contributed by atoms with E-state index in [0.29, 0.717) is 12.3 Å². The number of rotatable bonds is 7. The van der Waals surface area contributed by atoms with E-state index < -0.39 is 23.5 Å². The summed E-state index contributed by atoms with van der Waals surface area (Å²) < 4.78 is 46.4. The van der Waals surface area contributed by atoms with Gasteiger partial charge in [-0.25, -0.2) is 23.1 Å². The maximum Gasteiger partial charge on any atom is 0.284 e. The van der Waals surface area contributed by atoms with Crippen molar-refractivity contribution >= 4 is 11.6 Å². The summed E-state index contributed by atoms with van der Waals surface area (Å²) in [5, 5.41) is -0.351. The van der Waals surface area contributed by atoms with Crippen LogP contribution >= 0.6 is 11.6 Å². The summed E-state index contributed by atoms with van der Waals surface area (Å²) in [6, 6.07) is 4.05. The number of hydrogen-bond acceptors (Lipinski definition) is 4. The molecular weight excluding hydrogens is 367 g/mol. The average molecular weight is 388 g/mol. The van der Waals surface area contributed by atoms with Gasteiger partial charge in [0.25, 0.3) is 6.43 Å². The lowest BCUT2D eigenvalue weighted by atomic mass is 9.93. The number of pyridine rings is 2. The van der Waals surface area contributed by atoms with Crippen LogP contribution in [0.2, 0.25) is 5.15 Å². The van der Waals surface area contributed by atoms with E-state index in [9.17, 15) is 13.2 Å². The highest BCUT2D eigenvalue weighted by molar-refractivity contribution is 6.29. The molecule has 0 spiro atoms. The number of ether oxygens (including phenoxy) is 1. The van der Waals surface area contributed by atoms with Crippen LogP contribution in [0.25, 0.3) is 11.3 Å². The molecule has 0 aliphatic carbocycles. The van der Waals surface area contributed by atoms with Gasteiger partial charge in [-0.05, 0) is 37.5 Å². The molecule has 0 aliphatic rings. The summed E-state index contributed by atoms with van der Waals surface area (Å²) in [6.07, 6.45) is -0.941. The van der Waals surface area contributed by atoms with E-state index in [1.165, 1.54) is 24.4 Å². The summed E-state index contributed by atoms with van der Waals surface area (Å²) >= 11 is 5.64. The van der Waals surface area contributed by atoms with Crippen LogP contribution in [0.3, 0.4) is 0 Å². The summed E-state index contributed by atoms with van der Waals surface area (Å²) in [4.78, 5) is 7.46. The molecule has 1 unspecified atom stereocenters. The molecule has 0 amide bonds. The molecule has 0 saturated heterocycles. The van der Waals surface area contributed by atoms with Crippen molar-refractivity contribution in [3.8, 4) is 17.0 Å². The summed E-state index contributed by atoms with van der Waals surface area (Å²) in [6.45, 7) is 5.88. The summed E-state index contributed by atoms with van der Waals surface area (Å²) in [7, 11) is 0. The van der Waals surface area contributed by atoms with Crippen molar-refractivity contribution in [3.05, 3.63) is 41.1 Å². The van der Waals surface area contributed by atoms with Crippen molar-refractivity contribution in [3.63, 3.8) is 0 Å². The van der Waals surface area contributed by atoms with Crippen LogP contribution in [0.15, 0.2) is 24.4 Å². The first-order valence-electron chi connectivity index (χ1n) is 8.12. The molecule has 0 aromatic carbocycles. The third kappa shape index (κ3) is 5.08. The first-order chi connectivity index (χ1) is 12.1. The van der Waals surface area contributed by atoms with Gasteiger partial charge in [0.05, 0.1) is 5.69 Å². The lowest BCUT2D eigenvalue weighted by Crippen LogP contribution is -2.43. The monoisotopic (exact) mass is 387 g/mol. The van der Waals surface area contributed by atoms with Gasteiger partial charge in [-0.1, -0.05) is 25.4 Å². The Morgan fingerprint density at radius 1 is 1.27 bits per heavy atom. The Hall–Kier alpha value is -1.86. The molecule has 4 nitrogen and oxygen atoms in total. The Bertz CT molecular complexity index is 769. The molecule has 1 atom stereocenters. The lowest BCUT2D eigenvalue weighted by molar-refractivity contribution is 0.134. The zero-order valence-electron chi connectivity index (χ0n) is 14.8. The Labute approximate surface area is 155 Å². The van der Waals surface area contributed by atoms with Gasteiger partial charge < -0.3 is 10.5 Å². The van der Waals surface area contributed by atoms with Crippen molar-refractivity contribution in [2.75, 3.05) is 6.61 Å². The van der Waals surface area contributed by atoms with Crippen molar-refractivity contribution in [2.45, 2.75) is 39.2 Å². The first kappa shape index (κ1) is 20.5. The van der Waals surface area contributed by atoms with E-state index in [1.54, 1.807) is 6.92 Å². The van der Waals surface area contributed by atoms with Crippen molar-refractivity contribution in [2.24, 2.45) is 11.7 Å². The number of aromatic nitrogens is 2. The smallest absolute Gasteiger partial charge is 0.284 e. The summed E-state index contributed by atoms with van der Waals surface area (Å²) in [5.74, 6) is -0.560. The fourth-order valence-corrected chi connectivity index (χ4v) is 2.90. The molecular formula is C18H21ClF3N3O. The van der Waals surface area contributed by atoms with E-state index in [-0.39, 0.29) is 28.8 Å². The third-order valence-corrected chi connectivity index (χ3v) is 3.91. The average Bonchev–Trinajstić information content (AvgIpc) is 2.54. The van der Waals surface area contributed by atoms with Crippen LogP contribution in [-0.4, -0.2) is 22.1 Å². The first-order valence-corrected chi connectivity index (χ1v) is 8.49. The molecule has 2 rings (SSSR count).